The van der Waals surface area contributed by atoms with E-state index in [1.165, 1.54) is 11.6 Å². The van der Waals surface area contributed by atoms with Gasteiger partial charge in [0, 0.05) is 18.1 Å². The molecule has 2 N–H and O–H groups in total. The van der Waals surface area contributed by atoms with Gasteiger partial charge in [-0.3, -0.25) is 0 Å². The van der Waals surface area contributed by atoms with E-state index in [1.807, 2.05) is 12.1 Å². The first-order valence-corrected chi connectivity index (χ1v) is 9.94. The highest BCUT2D eigenvalue weighted by Gasteiger charge is 2.27. The normalized spacial score (nSPS) is 17.4. The first-order valence-electron chi connectivity index (χ1n) is 9.94. The maximum atomic E-state index is 13.8. The molecular formula is C24H27F2NO4. The van der Waals surface area contributed by atoms with Gasteiger partial charge in [-0.1, -0.05) is 19.1 Å². The van der Waals surface area contributed by atoms with E-state index < -0.39 is 11.9 Å². The summed E-state index contributed by atoms with van der Waals surface area (Å²) < 4.78 is 27.5. The molecule has 2 unspecified atom stereocenters. The highest BCUT2D eigenvalue weighted by Crippen LogP contribution is 2.40. The molecule has 3 rings (SSSR count). The van der Waals surface area contributed by atoms with Crippen molar-refractivity contribution < 1.29 is 28.6 Å². The van der Waals surface area contributed by atoms with E-state index in [0.717, 1.165) is 36.1 Å². The molecule has 5 nitrogen and oxygen atoms in total. The summed E-state index contributed by atoms with van der Waals surface area (Å²) in [5, 5.41) is 15.6. The third-order valence-corrected chi connectivity index (χ3v) is 5.29. The highest BCUT2D eigenvalue weighted by molar-refractivity contribution is 5.89. The number of carboxylic acid groups (broad SMARTS) is 2. The number of aliphatic carboxylic acids is 2. The van der Waals surface area contributed by atoms with Gasteiger partial charge in [-0.25, -0.2) is 18.4 Å². The Labute approximate surface area is 180 Å². The lowest BCUT2D eigenvalue weighted by molar-refractivity contribution is -0.134. The molecule has 0 saturated heterocycles. The molecule has 0 radical (unpaired) electrons. The molecular weight excluding hydrogens is 404 g/mol. The van der Waals surface area contributed by atoms with Crippen LogP contribution >= 0.6 is 0 Å². The second-order valence-corrected chi connectivity index (χ2v) is 7.84. The van der Waals surface area contributed by atoms with Crippen molar-refractivity contribution in [2.75, 3.05) is 20.6 Å². The molecule has 1 aliphatic rings. The summed E-state index contributed by atoms with van der Waals surface area (Å²) >= 11 is 0. The number of hydrogen-bond donors (Lipinski definition) is 2. The molecule has 0 aliphatic heterocycles. The molecule has 2 aromatic carbocycles. The van der Waals surface area contributed by atoms with Crippen LogP contribution in [-0.4, -0.2) is 47.7 Å². The van der Waals surface area contributed by atoms with Gasteiger partial charge in [-0.2, -0.15) is 0 Å². The van der Waals surface area contributed by atoms with Gasteiger partial charge in [-0.05, 0) is 85.9 Å². The molecule has 0 amide bonds. The summed E-state index contributed by atoms with van der Waals surface area (Å²) in [6.45, 7) is 3.05. The van der Waals surface area contributed by atoms with Crippen LogP contribution in [-0.2, 0) is 16.0 Å². The molecule has 0 saturated carbocycles. The summed E-state index contributed by atoms with van der Waals surface area (Å²) in [5.41, 5.74) is 4.42. The van der Waals surface area contributed by atoms with Crippen molar-refractivity contribution in [3.05, 3.63) is 82.4 Å². The van der Waals surface area contributed by atoms with E-state index >= 15 is 0 Å². The topological polar surface area (TPSA) is 77.8 Å². The number of benzene rings is 2. The predicted octanol–water partition coefficient (Wildman–Crippen LogP) is 4.42. The fourth-order valence-corrected chi connectivity index (χ4v) is 3.82. The summed E-state index contributed by atoms with van der Waals surface area (Å²) in [7, 11) is 4.11. The van der Waals surface area contributed by atoms with Crippen LogP contribution in [0.4, 0.5) is 8.78 Å². The quantitative estimate of drug-likeness (QED) is 0.686. The second kappa shape index (κ2) is 10.8. The van der Waals surface area contributed by atoms with Gasteiger partial charge in [0.15, 0.2) is 0 Å². The molecule has 2 atom stereocenters. The second-order valence-electron chi connectivity index (χ2n) is 7.84. The van der Waals surface area contributed by atoms with Crippen LogP contribution in [0, 0.1) is 11.6 Å². The predicted molar refractivity (Wildman–Crippen MR) is 114 cm³/mol. The Morgan fingerprint density at radius 1 is 0.968 bits per heavy atom. The average Bonchev–Trinajstić information content (AvgIpc) is 2.80. The fraction of sp³-hybridized carbons (Fsp3) is 0.333. The number of carboxylic acids is 2. The standard InChI is InChI=1S/C20H23F2N.C4H4O4/c1-13-18-6-4-16(21)11-15(18)10-14(8-9-23(2)3)19-7-5-17(22)12-20(13)19;5-3(6)1-2-4(7)8/h4-7,11-14H,8-10H2,1-3H3;1-2H,(H,5,6)(H,7,8)/b;2-1-. The molecule has 1 aliphatic carbocycles. The lowest BCUT2D eigenvalue weighted by atomic mass is 9.86. The Morgan fingerprint density at radius 3 is 2.06 bits per heavy atom. The monoisotopic (exact) mass is 431 g/mol. The molecule has 0 fully saturated rings. The Morgan fingerprint density at radius 2 is 1.52 bits per heavy atom. The minimum atomic E-state index is -1.26. The third-order valence-electron chi connectivity index (χ3n) is 5.29. The summed E-state index contributed by atoms with van der Waals surface area (Å²) in [5.74, 6) is -2.54. The maximum absolute atomic E-state index is 13.8. The van der Waals surface area contributed by atoms with Gasteiger partial charge < -0.3 is 15.1 Å². The van der Waals surface area contributed by atoms with Crippen LogP contribution in [0.15, 0.2) is 48.6 Å². The van der Waals surface area contributed by atoms with Crippen molar-refractivity contribution in [2.24, 2.45) is 0 Å². The Balaban J connectivity index is 0.000000366. The number of halogens is 2. The number of hydrogen-bond acceptors (Lipinski definition) is 3. The smallest absolute Gasteiger partial charge is 0.328 e. The molecule has 7 heteroatoms. The van der Waals surface area contributed by atoms with Crippen molar-refractivity contribution in [3.8, 4) is 0 Å². The average molecular weight is 431 g/mol. The van der Waals surface area contributed by atoms with Gasteiger partial charge in [0.25, 0.3) is 0 Å². The molecule has 31 heavy (non-hydrogen) atoms. The van der Waals surface area contributed by atoms with Gasteiger partial charge in [-0.15, -0.1) is 0 Å². The van der Waals surface area contributed by atoms with Gasteiger partial charge in [0.1, 0.15) is 11.6 Å². The van der Waals surface area contributed by atoms with Crippen molar-refractivity contribution in [3.63, 3.8) is 0 Å². The molecule has 0 bridgehead atoms. The number of rotatable bonds is 5. The van der Waals surface area contributed by atoms with Gasteiger partial charge >= 0.3 is 11.9 Å². The van der Waals surface area contributed by atoms with Crippen molar-refractivity contribution in [2.45, 2.75) is 31.6 Å². The van der Waals surface area contributed by atoms with Crippen LogP contribution < -0.4 is 0 Å². The van der Waals surface area contributed by atoms with Gasteiger partial charge in [0.05, 0.1) is 0 Å². The lowest BCUT2D eigenvalue weighted by Gasteiger charge is -2.21. The summed E-state index contributed by atoms with van der Waals surface area (Å²) in [4.78, 5) is 21.3. The van der Waals surface area contributed by atoms with E-state index in [4.69, 9.17) is 10.2 Å². The number of nitrogens with zero attached hydrogens (tertiary/aromatic N) is 1. The van der Waals surface area contributed by atoms with Crippen molar-refractivity contribution in [1.29, 1.82) is 0 Å². The summed E-state index contributed by atoms with van der Waals surface area (Å²) in [6, 6.07) is 10.1. The molecule has 0 aromatic heterocycles. The highest BCUT2D eigenvalue weighted by atomic mass is 19.1. The Kier molecular flexibility index (Phi) is 8.45. The van der Waals surface area contributed by atoms with E-state index in [2.05, 4.69) is 25.9 Å². The van der Waals surface area contributed by atoms with Gasteiger partial charge in [0.2, 0.25) is 0 Å². The maximum Gasteiger partial charge on any atom is 0.328 e. The van der Waals surface area contributed by atoms with Crippen LogP contribution in [0.25, 0.3) is 0 Å². The minimum absolute atomic E-state index is 0.0839. The minimum Gasteiger partial charge on any atom is -0.478 e. The van der Waals surface area contributed by atoms with Crippen LogP contribution in [0.5, 0.6) is 0 Å². The largest absolute Gasteiger partial charge is 0.478 e. The zero-order valence-electron chi connectivity index (χ0n) is 17.8. The van der Waals surface area contributed by atoms with E-state index in [1.54, 1.807) is 18.2 Å². The van der Waals surface area contributed by atoms with Crippen molar-refractivity contribution >= 4 is 11.9 Å². The fourth-order valence-electron chi connectivity index (χ4n) is 3.82. The summed E-state index contributed by atoms with van der Waals surface area (Å²) in [6.07, 6.45) is 2.91. The lowest BCUT2D eigenvalue weighted by Crippen LogP contribution is -2.17. The van der Waals surface area contributed by atoms with Crippen LogP contribution in [0.1, 0.15) is 47.4 Å². The Bertz CT molecular complexity index is 956. The molecule has 2 aromatic rings. The van der Waals surface area contributed by atoms with Crippen LogP contribution in [0.2, 0.25) is 0 Å². The first-order chi connectivity index (χ1) is 14.6. The molecule has 0 heterocycles. The number of fused-ring (bicyclic) bond motifs is 2. The van der Waals surface area contributed by atoms with E-state index in [-0.39, 0.29) is 17.6 Å². The number of carbonyl (C=O) groups is 2. The van der Waals surface area contributed by atoms with E-state index in [9.17, 15) is 18.4 Å². The van der Waals surface area contributed by atoms with Crippen LogP contribution in [0.3, 0.4) is 0 Å². The first kappa shape index (κ1) is 24.2. The van der Waals surface area contributed by atoms with Crippen molar-refractivity contribution in [1.82, 2.24) is 4.90 Å². The SMILES string of the molecule is CC1c2ccc(F)cc2CC(CCN(C)C)c2ccc(F)cc21.O=C(O)/C=C\C(=O)O. The zero-order chi connectivity index (χ0) is 23.1. The van der Waals surface area contributed by atoms with E-state index in [0.29, 0.717) is 18.1 Å². The third kappa shape index (κ3) is 7.00. The molecule has 166 valence electrons. The molecule has 0 spiro atoms. The Hall–Kier alpha value is -3.06. The zero-order valence-corrected chi connectivity index (χ0v) is 17.8.